The van der Waals surface area contributed by atoms with E-state index in [-0.39, 0.29) is 5.91 Å². The molecule has 0 aliphatic heterocycles. The Balaban J connectivity index is 1.62. The number of aromatic nitrogens is 2. The maximum atomic E-state index is 12.4. The molecule has 138 valence electrons. The first-order valence-corrected chi connectivity index (χ1v) is 8.80. The molecule has 0 aliphatic carbocycles. The van der Waals surface area contributed by atoms with Crippen LogP contribution in [0.5, 0.6) is 5.75 Å². The minimum Gasteiger partial charge on any atom is -0.494 e. The molecule has 6 heteroatoms. The monoisotopic (exact) mass is 362 g/mol. The van der Waals surface area contributed by atoms with Crippen molar-refractivity contribution in [1.82, 2.24) is 9.97 Å². The summed E-state index contributed by atoms with van der Waals surface area (Å²) in [6.07, 6.45) is 1.57. The van der Waals surface area contributed by atoms with E-state index < -0.39 is 0 Å². The topological polar surface area (TPSA) is 76.1 Å². The maximum Gasteiger partial charge on any atom is 0.274 e. The van der Waals surface area contributed by atoms with Gasteiger partial charge >= 0.3 is 0 Å². The number of carbonyl (C=O) groups is 1. The average molecular weight is 362 g/mol. The normalized spacial score (nSPS) is 10.3. The van der Waals surface area contributed by atoms with E-state index in [1.807, 2.05) is 44.2 Å². The number of amides is 1. The molecule has 0 fully saturated rings. The molecule has 0 saturated heterocycles. The van der Waals surface area contributed by atoms with Gasteiger partial charge in [0.05, 0.1) is 6.61 Å². The van der Waals surface area contributed by atoms with Gasteiger partial charge in [0.25, 0.3) is 5.91 Å². The maximum absolute atomic E-state index is 12.4. The second kappa shape index (κ2) is 8.80. The first-order chi connectivity index (χ1) is 13.1. The van der Waals surface area contributed by atoms with Gasteiger partial charge in [-0.15, -0.1) is 0 Å². The fraction of sp³-hybridized carbons (Fsp3) is 0.190. The van der Waals surface area contributed by atoms with E-state index in [1.54, 1.807) is 24.4 Å². The van der Waals surface area contributed by atoms with E-state index in [9.17, 15) is 4.79 Å². The summed E-state index contributed by atoms with van der Waals surface area (Å²) >= 11 is 0. The van der Waals surface area contributed by atoms with Gasteiger partial charge in [0.1, 0.15) is 11.4 Å². The minimum atomic E-state index is -0.292. The lowest BCUT2D eigenvalue weighted by atomic mass is 10.1. The Morgan fingerprint density at radius 2 is 1.93 bits per heavy atom. The summed E-state index contributed by atoms with van der Waals surface area (Å²) in [7, 11) is 0. The van der Waals surface area contributed by atoms with Gasteiger partial charge in [-0.25, -0.2) is 9.97 Å². The number of benzene rings is 2. The van der Waals surface area contributed by atoms with Crippen molar-refractivity contribution in [3.05, 3.63) is 77.6 Å². The van der Waals surface area contributed by atoms with Gasteiger partial charge in [0, 0.05) is 18.4 Å². The number of aryl methyl sites for hydroxylation is 1. The van der Waals surface area contributed by atoms with Crippen LogP contribution in [0.3, 0.4) is 0 Å². The van der Waals surface area contributed by atoms with Crippen LogP contribution in [0.25, 0.3) is 0 Å². The molecule has 6 nitrogen and oxygen atoms in total. The molecule has 0 bridgehead atoms. The van der Waals surface area contributed by atoms with E-state index in [2.05, 4.69) is 26.7 Å². The standard InChI is InChI=1S/C21H22N4O2/c1-3-27-18-9-7-17(8-10-18)24-20(26)19-11-12-22-21(25-19)23-14-16-6-4-5-15(2)13-16/h4-13H,3,14H2,1-2H3,(H,24,26)(H,22,23,25). The number of carbonyl (C=O) groups excluding carboxylic acids is 1. The Bertz CT molecular complexity index is 910. The van der Waals surface area contributed by atoms with Gasteiger partial charge in [-0.2, -0.15) is 0 Å². The third-order valence-electron chi connectivity index (χ3n) is 3.84. The Hall–Kier alpha value is -3.41. The molecule has 2 N–H and O–H groups in total. The zero-order chi connectivity index (χ0) is 19.1. The molecule has 1 heterocycles. The predicted molar refractivity (Wildman–Crippen MR) is 106 cm³/mol. The van der Waals surface area contributed by atoms with Gasteiger partial charge in [-0.1, -0.05) is 29.8 Å². The van der Waals surface area contributed by atoms with Crippen molar-refractivity contribution in [3.8, 4) is 5.75 Å². The lowest BCUT2D eigenvalue weighted by Gasteiger charge is -2.09. The van der Waals surface area contributed by atoms with Crippen LogP contribution in [0.2, 0.25) is 0 Å². The molecule has 0 atom stereocenters. The van der Waals surface area contributed by atoms with Crippen LogP contribution in [-0.4, -0.2) is 22.5 Å². The van der Waals surface area contributed by atoms with Crippen molar-refractivity contribution >= 4 is 17.5 Å². The molecule has 27 heavy (non-hydrogen) atoms. The zero-order valence-corrected chi connectivity index (χ0v) is 15.4. The van der Waals surface area contributed by atoms with Crippen molar-refractivity contribution in [2.45, 2.75) is 20.4 Å². The first kappa shape index (κ1) is 18.4. The highest BCUT2D eigenvalue weighted by molar-refractivity contribution is 6.02. The largest absolute Gasteiger partial charge is 0.494 e. The Labute approximate surface area is 158 Å². The van der Waals surface area contributed by atoms with E-state index in [4.69, 9.17) is 4.74 Å². The molecule has 0 aliphatic rings. The summed E-state index contributed by atoms with van der Waals surface area (Å²) in [5, 5.41) is 5.97. The second-order valence-electron chi connectivity index (χ2n) is 6.02. The molecule has 0 unspecified atom stereocenters. The van der Waals surface area contributed by atoms with Crippen molar-refractivity contribution < 1.29 is 9.53 Å². The molecule has 0 saturated carbocycles. The second-order valence-corrected chi connectivity index (χ2v) is 6.02. The third kappa shape index (κ3) is 5.28. The highest BCUT2D eigenvalue weighted by Gasteiger charge is 2.09. The summed E-state index contributed by atoms with van der Waals surface area (Å²) in [5.74, 6) is 0.885. The summed E-state index contributed by atoms with van der Waals surface area (Å²) in [6, 6.07) is 17.0. The van der Waals surface area contributed by atoms with Gasteiger partial charge in [0.15, 0.2) is 0 Å². The van der Waals surface area contributed by atoms with Crippen LogP contribution < -0.4 is 15.4 Å². The smallest absolute Gasteiger partial charge is 0.274 e. The van der Waals surface area contributed by atoms with Gasteiger partial charge < -0.3 is 15.4 Å². The highest BCUT2D eigenvalue weighted by atomic mass is 16.5. The molecule has 3 rings (SSSR count). The molecule has 1 amide bonds. The zero-order valence-electron chi connectivity index (χ0n) is 15.4. The van der Waals surface area contributed by atoms with E-state index in [1.165, 1.54) is 5.56 Å². The van der Waals surface area contributed by atoms with Crippen LogP contribution >= 0.6 is 0 Å². The SMILES string of the molecule is CCOc1ccc(NC(=O)c2ccnc(NCc3cccc(C)c3)n2)cc1. The van der Waals surface area contributed by atoms with Crippen LogP contribution in [0.15, 0.2) is 60.8 Å². The van der Waals surface area contributed by atoms with Crippen molar-refractivity contribution in [1.29, 1.82) is 0 Å². The lowest BCUT2D eigenvalue weighted by Crippen LogP contribution is -2.15. The van der Waals surface area contributed by atoms with Crippen molar-refractivity contribution in [3.63, 3.8) is 0 Å². The number of hydrogen-bond acceptors (Lipinski definition) is 5. The predicted octanol–water partition coefficient (Wildman–Crippen LogP) is 4.05. The molecular formula is C21H22N4O2. The van der Waals surface area contributed by atoms with Crippen LogP contribution in [0.1, 0.15) is 28.5 Å². The number of ether oxygens (including phenoxy) is 1. The van der Waals surface area contributed by atoms with E-state index >= 15 is 0 Å². The summed E-state index contributed by atoms with van der Waals surface area (Å²) in [4.78, 5) is 20.9. The van der Waals surface area contributed by atoms with Crippen LogP contribution in [0, 0.1) is 6.92 Å². The summed E-state index contributed by atoms with van der Waals surface area (Å²) < 4.78 is 5.40. The van der Waals surface area contributed by atoms with E-state index in [0.29, 0.717) is 30.5 Å². The molecule has 0 radical (unpaired) electrons. The van der Waals surface area contributed by atoms with Gasteiger partial charge in [-0.3, -0.25) is 4.79 Å². The van der Waals surface area contributed by atoms with Gasteiger partial charge in [-0.05, 0) is 49.7 Å². The number of nitrogens with zero attached hydrogens (tertiary/aromatic N) is 2. The number of anilines is 2. The fourth-order valence-electron chi connectivity index (χ4n) is 2.57. The van der Waals surface area contributed by atoms with Crippen molar-refractivity contribution in [2.24, 2.45) is 0 Å². The van der Waals surface area contributed by atoms with Gasteiger partial charge in [0.2, 0.25) is 5.95 Å². The van der Waals surface area contributed by atoms with Crippen molar-refractivity contribution in [2.75, 3.05) is 17.2 Å². The number of hydrogen-bond donors (Lipinski definition) is 2. The fourth-order valence-corrected chi connectivity index (χ4v) is 2.57. The third-order valence-corrected chi connectivity index (χ3v) is 3.84. The van der Waals surface area contributed by atoms with Crippen LogP contribution in [-0.2, 0) is 6.54 Å². The first-order valence-electron chi connectivity index (χ1n) is 8.80. The number of nitrogens with one attached hydrogen (secondary N) is 2. The molecule has 1 aromatic heterocycles. The summed E-state index contributed by atoms with van der Waals surface area (Å²) in [6.45, 7) is 5.16. The Morgan fingerprint density at radius 1 is 1.11 bits per heavy atom. The quantitative estimate of drug-likeness (QED) is 0.663. The Kier molecular flexibility index (Phi) is 5.99. The lowest BCUT2D eigenvalue weighted by molar-refractivity contribution is 0.102. The van der Waals surface area contributed by atoms with Crippen LogP contribution in [0.4, 0.5) is 11.6 Å². The molecular weight excluding hydrogens is 340 g/mol. The Morgan fingerprint density at radius 3 is 2.67 bits per heavy atom. The average Bonchev–Trinajstić information content (AvgIpc) is 2.68. The molecule has 3 aromatic rings. The molecule has 0 spiro atoms. The molecule has 2 aromatic carbocycles. The summed E-state index contributed by atoms with van der Waals surface area (Å²) in [5.41, 5.74) is 3.29. The highest BCUT2D eigenvalue weighted by Crippen LogP contribution is 2.16. The number of rotatable bonds is 7. The van der Waals surface area contributed by atoms with E-state index in [0.717, 1.165) is 11.3 Å². The minimum absolute atomic E-state index is 0.292.